The number of nitrogens with zero attached hydrogens (tertiary/aromatic N) is 1. The molecule has 0 fully saturated rings. The van der Waals surface area contributed by atoms with Gasteiger partial charge in [-0.3, -0.25) is 4.98 Å². The Morgan fingerprint density at radius 1 is 1.30 bits per heavy atom. The first-order valence-electron chi connectivity index (χ1n) is 6.52. The SMILES string of the molecule is CCCc1nc(C)c(-c2ccc(Br)cc2)cc1C(=O)O. The molecular formula is C16H16BrNO2. The third kappa shape index (κ3) is 3.07. The molecule has 0 saturated heterocycles. The number of benzene rings is 1. The van der Waals surface area contributed by atoms with Gasteiger partial charge in [0, 0.05) is 15.7 Å². The van der Waals surface area contributed by atoms with E-state index < -0.39 is 5.97 Å². The number of halogens is 1. The predicted molar refractivity (Wildman–Crippen MR) is 83.1 cm³/mol. The molecule has 0 bridgehead atoms. The lowest BCUT2D eigenvalue weighted by Gasteiger charge is -2.11. The summed E-state index contributed by atoms with van der Waals surface area (Å²) in [5, 5.41) is 9.35. The highest BCUT2D eigenvalue weighted by Crippen LogP contribution is 2.26. The van der Waals surface area contributed by atoms with Gasteiger partial charge in [-0.1, -0.05) is 41.4 Å². The third-order valence-electron chi connectivity index (χ3n) is 3.16. The fourth-order valence-electron chi connectivity index (χ4n) is 2.19. The first kappa shape index (κ1) is 14.7. The molecule has 0 spiro atoms. The standard InChI is InChI=1S/C16H16BrNO2/c1-3-4-15-14(16(19)20)9-13(10(2)18-15)11-5-7-12(17)8-6-11/h5-9H,3-4H2,1-2H3,(H,19,20). The molecule has 104 valence electrons. The van der Waals surface area contributed by atoms with Gasteiger partial charge in [0.1, 0.15) is 0 Å². The van der Waals surface area contributed by atoms with Gasteiger partial charge in [0.05, 0.1) is 11.3 Å². The van der Waals surface area contributed by atoms with Crippen LogP contribution in [0, 0.1) is 6.92 Å². The van der Waals surface area contributed by atoms with E-state index in [4.69, 9.17) is 0 Å². The van der Waals surface area contributed by atoms with Crippen molar-refractivity contribution >= 4 is 21.9 Å². The summed E-state index contributed by atoms with van der Waals surface area (Å²) >= 11 is 3.40. The van der Waals surface area contributed by atoms with E-state index in [0.717, 1.165) is 27.7 Å². The number of pyridine rings is 1. The summed E-state index contributed by atoms with van der Waals surface area (Å²) < 4.78 is 0.993. The normalized spacial score (nSPS) is 10.6. The molecule has 0 aliphatic rings. The van der Waals surface area contributed by atoms with Gasteiger partial charge in [0.25, 0.3) is 0 Å². The number of hydrogen-bond acceptors (Lipinski definition) is 2. The molecule has 0 unspecified atom stereocenters. The van der Waals surface area contributed by atoms with Crippen LogP contribution in [0.1, 0.15) is 35.1 Å². The van der Waals surface area contributed by atoms with Gasteiger partial charge in [0.15, 0.2) is 0 Å². The maximum Gasteiger partial charge on any atom is 0.337 e. The summed E-state index contributed by atoms with van der Waals surface area (Å²) in [6, 6.07) is 9.53. The van der Waals surface area contributed by atoms with Crippen molar-refractivity contribution in [1.29, 1.82) is 0 Å². The Morgan fingerprint density at radius 2 is 1.95 bits per heavy atom. The monoisotopic (exact) mass is 333 g/mol. The molecule has 2 rings (SSSR count). The van der Waals surface area contributed by atoms with Crippen LogP contribution in [0.3, 0.4) is 0 Å². The number of carboxylic acid groups (broad SMARTS) is 1. The number of rotatable bonds is 4. The Labute approximate surface area is 126 Å². The van der Waals surface area contributed by atoms with Gasteiger partial charge in [-0.25, -0.2) is 4.79 Å². The lowest BCUT2D eigenvalue weighted by molar-refractivity contribution is 0.0695. The summed E-state index contributed by atoms with van der Waals surface area (Å²) in [4.78, 5) is 15.9. The van der Waals surface area contributed by atoms with Crippen molar-refractivity contribution in [3.05, 3.63) is 51.8 Å². The Kier molecular flexibility index (Phi) is 4.55. The van der Waals surface area contributed by atoms with Crippen LogP contribution in [0.5, 0.6) is 0 Å². The first-order chi connectivity index (χ1) is 9.52. The highest BCUT2D eigenvalue weighted by molar-refractivity contribution is 9.10. The second-order valence-corrected chi connectivity index (χ2v) is 5.59. The minimum atomic E-state index is -0.917. The van der Waals surface area contributed by atoms with E-state index in [2.05, 4.69) is 20.9 Å². The van der Waals surface area contributed by atoms with Crippen molar-refractivity contribution in [3.8, 4) is 11.1 Å². The molecule has 20 heavy (non-hydrogen) atoms. The molecule has 0 aliphatic heterocycles. The van der Waals surface area contributed by atoms with Crippen molar-refractivity contribution in [1.82, 2.24) is 4.98 Å². The summed E-state index contributed by atoms with van der Waals surface area (Å²) in [6.07, 6.45) is 1.56. The van der Waals surface area contributed by atoms with E-state index in [0.29, 0.717) is 17.7 Å². The van der Waals surface area contributed by atoms with Crippen LogP contribution in [-0.2, 0) is 6.42 Å². The zero-order valence-electron chi connectivity index (χ0n) is 11.5. The van der Waals surface area contributed by atoms with Crippen LogP contribution < -0.4 is 0 Å². The number of carbonyl (C=O) groups is 1. The minimum Gasteiger partial charge on any atom is -0.478 e. The van der Waals surface area contributed by atoms with Crippen LogP contribution >= 0.6 is 15.9 Å². The Balaban J connectivity index is 2.56. The van der Waals surface area contributed by atoms with Crippen molar-refractivity contribution in [3.63, 3.8) is 0 Å². The maximum absolute atomic E-state index is 11.4. The first-order valence-corrected chi connectivity index (χ1v) is 7.32. The highest BCUT2D eigenvalue weighted by atomic mass is 79.9. The van der Waals surface area contributed by atoms with Gasteiger partial charge in [-0.05, 0) is 37.1 Å². The molecule has 0 saturated carbocycles. The summed E-state index contributed by atoms with van der Waals surface area (Å²) in [5.41, 5.74) is 3.67. The molecule has 1 heterocycles. The number of carboxylic acids is 1. The Hall–Kier alpha value is -1.68. The maximum atomic E-state index is 11.4. The van der Waals surface area contributed by atoms with Crippen LogP contribution in [0.4, 0.5) is 0 Å². The molecule has 0 radical (unpaired) electrons. The smallest absolute Gasteiger partial charge is 0.337 e. The van der Waals surface area contributed by atoms with Crippen LogP contribution in [0.2, 0.25) is 0 Å². The average molecular weight is 334 g/mol. The van der Waals surface area contributed by atoms with Crippen molar-refractivity contribution in [2.75, 3.05) is 0 Å². The zero-order chi connectivity index (χ0) is 14.7. The zero-order valence-corrected chi connectivity index (χ0v) is 13.1. The van der Waals surface area contributed by atoms with Crippen molar-refractivity contribution in [2.45, 2.75) is 26.7 Å². The van der Waals surface area contributed by atoms with Gasteiger partial charge >= 0.3 is 5.97 Å². The number of hydrogen-bond donors (Lipinski definition) is 1. The number of aromatic nitrogens is 1. The predicted octanol–water partition coefficient (Wildman–Crippen LogP) is 4.47. The average Bonchev–Trinajstić information content (AvgIpc) is 2.40. The van der Waals surface area contributed by atoms with Gasteiger partial charge in [-0.2, -0.15) is 0 Å². The quantitative estimate of drug-likeness (QED) is 0.897. The topological polar surface area (TPSA) is 50.2 Å². The van der Waals surface area contributed by atoms with E-state index in [9.17, 15) is 9.90 Å². The molecule has 0 amide bonds. The summed E-state index contributed by atoms with van der Waals surface area (Å²) in [7, 11) is 0. The van der Waals surface area contributed by atoms with Crippen LogP contribution in [-0.4, -0.2) is 16.1 Å². The Morgan fingerprint density at radius 3 is 2.50 bits per heavy atom. The highest BCUT2D eigenvalue weighted by Gasteiger charge is 2.15. The molecule has 1 aromatic heterocycles. The summed E-state index contributed by atoms with van der Waals surface area (Å²) in [6.45, 7) is 3.94. The molecule has 1 N–H and O–H groups in total. The van der Waals surface area contributed by atoms with E-state index in [1.165, 1.54) is 0 Å². The fourth-order valence-corrected chi connectivity index (χ4v) is 2.45. The van der Waals surface area contributed by atoms with Gasteiger partial charge in [0.2, 0.25) is 0 Å². The second-order valence-electron chi connectivity index (χ2n) is 4.68. The van der Waals surface area contributed by atoms with E-state index in [1.54, 1.807) is 6.07 Å². The molecule has 0 atom stereocenters. The van der Waals surface area contributed by atoms with Crippen LogP contribution in [0.15, 0.2) is 34.8 Å². The lowest BCUT2D eigenvalue weighted by atomic mass is 9.99. The van der Waals surface area contributed by atoms with Gasteiger partial charge in [-0.15, -0.1) is 0 Å². The second kappa shape index (κ2) is 6.18. The molecule has 2 aromatic rings. The van der Waals surface area contributed by atoms with E-state index >= 15 is 0 Å². The largest absolute Gasteiger partial charge is 0.478 e. The fraction of sp³-hybridized carbons (Fsp3) is 0.250. The van der Waals surface area contributed by atoms with Crippen molar-refractivity contribution in [2.24, 2.45) is 0 Å². The third-order valence-corrected chi connectivity index (χ3v) is 3.69. The summed E-state index contributed by atoms with van der Waals surface area (Å²) in [5.74, 6) is -0.917. The number of aryl methyl sites for hydroxylation is 2. The molecule has 4 heteroatoms. The Bertz CT molecular complexity index is 636. The van der Waals surface area contributed by atoms with Crippen molar-refractivity contribution < 1.29 is 9.90 Å². The molecule has 3 nitrogen and oxygen atoms in total. The van der Waals surface area contributed by atoms with Crippen LogP contribution in [0.25, 0.3) is 11.1 Å². The van der Waals surface area contributed by atoms with Gasteiger partial charge < -0.3 is 5.11 Å². The lowest BCUT2D eigenvalue weighted by Crippen LogP contribution is -2.07. The molecule has 0 aliphatic carbocycles. The minimum absolute atomic E-state index is 0.301. The van der Waals surface area contributed by atoms with E-state index in [1.807, 2.05) is 38.1 Å². The number of aromatic carboxylic acids is 1. The van der Waals surface area contributed by atoms with E-state index in [-0.39, 0.29) is 0 Å². The molecular weight excluding hydrogens is 318 g/mol. The molecule has 1 aromatic carbocycles.